The first-order chi connectivity index (χ1) is 13.8. The Balaban J connectivity index is 1.79. The number of amides is 2. The first-order valence-electron chi connectivity index (χ1n) is 9.67. The smallest absolute Gasteiger partial charge is 0.238 e. The molecule has 0 aliphatic heterocycles. The van der Waals surface area contributed by atoms with Crippen molar-refractivity contribution in [3.8, 4) is 0 Å². The highest BCUT2D eigenvalue weighted by Crippen LogP contribution is 2.19. The zero-order valence-corrected chi connectivity index (χ0v) is 18.5. The van der Waals surface area contributed by atoms with E-state index in [0.717, 1.165) is 12.0 Å². The van der Waals surface area contributed by atoms with E-state index in [1.165, 1.54) is 17.3 Å². The van der Waals surface area contributed by atoms with Gasteiger partial charge in [-0.2, -0.15) is 0 Å². The molecule has 2 rings (SSSR count). The Morgan fingerprint density at radius 2 is 1.93 bits per heavy atom. The van der Waals surface area contributed by atoms with Crippen LogP contribution in [0.5, 0.6) is 0 Å². The van der Waals surface area contributed by atoms with Crippen molar-refractivity contribution in [2.24, 2.45) is 0 Å². The van der Waals surface area contributed by atoms with Crippen LogP contribution in [-0.4, -0.2) is 53.5 Å². The zero-order valence-electron chi connectivity index (χ0n) is 17.7. The molecule has 0 aliphatic rings. The van der Waals surface area contributed by atoms with Crippen LogP contribution in [0.4, 0.5) is 5.82 Å². The van der Waals surface area contributed by atoms with E-state index < -0.39 is 0 Å². The van der Waals surface area contributed by atoms with Gasteiger partial charge in [-0.15, -0.1) is 11.8 Å². The van der Waals surface area contributed by atoms with Gasteiger partial charge in [0.05, 0.1) is 17.0 Å². The van der Waals surface area contributed by atoms with E-state index in [-0.39, 0.29) is 28.9 Å². The molecule has 2 amide bonds. The van der Waals surface area contributed by atoms with E-state index in [2.05, 4.69) is 51.9 Å². The van der Waals surface area contributed by atoms with Crippen LogP contribution >= 0.6 is 11.8 Å². The van der Waals surface area contributed by atoms with Crippen LogP contribution in [0.2, 0.25) is 0 Å². The molecule has 29 heavy (non-hydrogen) atoms. The Hall–Kier alpha value is -2.32. The fourth-order valence-corrected chi connectivity index (χ4v) is 3.48. The highest BCUT2D eigenvalue weighted by atomic mass is 32.2. The highest BCUT2D eigenvalue weighted by molar-refractivity contribution is 8.01. The first kappa shape index (κ1) is 23.0. The largest absolute Gasteiger partial charge is 0.360 e. The molecule has 0 bridgehead atoms. The van der Waals surface area contributed by atoms with Crippen molar-refractivity contribution in [2.75, 3.05) is 31.7 Å². The second-order valence-electron chi connectivity index (χ2n) is 7.14. The Morgan fingerprint density at radius 3 is 2.48 bits per heavy atom. The van der Waals surface area contributed by atoms with Crippen molar-refractivity contribution in [3.63, 3.8) is 0 Å². The quantitative estimate of drug-likeness (QED) is 0.617. The predicted octanol–water partition coefficient (Wildman–Crippen LogP) is 3.02. The Bertz CT molecular complexity index is 805. The van der Waals surface area contributed by atoms with Gasteiger partial charge in [-0.3, -0.25) is 9.59 Å². The number of likely N-dealkylation sites (N-methyl/N-ethyl adjacent to an activating group) is 1. The summed E-state index contributed by atoms with van der Waals surface area (Å²) in [5.41, 5.74) is 2.45. The Labute approximate surface area is 176 Å². The average molecular weight is 419 g/mol. The van der Waals surface area contributed by atoms with E-state index in [1.807, 2.05) is 14.1 Å². The summed E-state index contributed by atoms with van der Waals surface area (Å²) < 4.78 is 4.93. The second-order valence-corrected chi connectivity index (χ2v) is 8.47. The number of hydrogen-bond acceptors (Lipinski definition) is 6. The molecule has 2 aromatic rings. The summed E-state index contributed by atoms with van der Waals surface area (Å²) in [5.74, 6) is 0.913. The Kier molecular flexibility index (Phi) is 8.72. The molecule has 2 atom stereocenters. The minimum Gasteiger partial charge on any atom is -0.360 e. The van der Waals surface area contributed by atoms with E-state index in [0.29, 0.717) is 18.1 Å². The number of carbonyl (C=O) groups is 2. The van der Waals surface area contributed by atoms with Crippen LogP contribution in [0.3, 0.4) is 0 Å². The van der Waals surface area contributed by atoms with Gasteiger partial charge in [-0.1, -0.05) is 36.3 Å². The van der Waals surface area contributed by atoms with Gasteiger partial charge >= 0.3 is 0 Å². The predicted molar refractivity (Wildman–Crippen MR) is 117 cm³/mol. The third kappa shape index (κ3) is 7.21. The molecule has 2 unspecified atom stereocenters. The highest BCUT2D eigenvalue weighted by Gasteiger charge is 2.18. The average Bonchev–Trinajstić information content (AvgIpc) is 3.11. The minimum absolute atomic E-state index is 0.0889. The van der Waals surface area contributed by atoms with Gasteiger partial charge in [0, 0.05) is 12.6 Å². The number of benzene rings is 1. The van der Waals surface area contributed by atoms with Crippen molar-refractivity contribution in [1.82, 2.24) is 15.4 Å². The van der Waals surface area contributed by atoms with Crippen LogP contribution in [0.25, 0.3) is 0 Å². The summed E-state index contributed by atoms with van der Waals surface area (Å²) in [6, 6.07) is 10.2. The number of anilines is 1. The first-order valence-corrected chi connectivity index (χ1v) is 10.7. The van der Waals surface area contributed by atoms with Gasteiger partial charge in [0.1, 0.15) is 5.76 Å². The Morgan fingerprint density at radius 1 is 1.24 bits per heavy atom. The van der Waals surface area contributed by atoms with Crippen LogP contribution in [0.15, 0.2) is 34.9 Å². The van der Waals surface area contributed by atoms with Crippen LogP contribution in [-0.2, 0) is 16.0 Å². The maximum Gasteiger partial charge on any atom is 0.238 e. The van der Waals surface area contributed by atoms with Crippen LogP contribution in [0.1, 0.15) is 36.8 Å². The third-order valence-electron chi connectivity index (χ3n) is 4.60. The molecule has 0 spiro atoms. The molecule has 1 aromatic heterocycles. The number of nitrogens with zero attached hydrogens (tertiary/aromatic N) is 2. The molecule has 0 radical (unpaired) electrons. The van der Waals surface area contributed by atoms with Crippen molar-refractivity contribution >= 4 is 29.4 Å². The number of carbonyl (C=O) groups excluding carboxylic acids is 2. The van der Waals surface area contributed by atoms with Gasteiger partial charge in [-0.05, 0) is 45.5 Å². The maximum atomic E-state index is 12.3. The van der Waals surface area contributed by atoms with Gasteiger partial charge in [0.15, 0.2) is 5.82 Å². The molecule has 0 aliphatic carbocycles. The molecule has 0 saturated carbocycles. The van der Waals surface area contributed by atoms with E-state index in [9.17, 15) is 9.59 Å². The molecular weight excluding hydrogens is 388 g/mol. The summed E-state index contributed by atoms with van der Waals surface area (Å²) in [6.07, 6.45) is 1.00. The van der Waals surface area contributed by atoms with E-state index in [1.54, 1.807) is 19.9 Å². The van der Waals surface area contributed by atoms with Crippen LogP contribution in [0, 0.1) is 6.92 Å². The maximum absolute atomic E-state index is 12.3. The summed E-state index contributed by atoms with van der Waals surface area (Å²) in [7, 11) is 3.99. The lowest BCUT2D eigenvalue weighted by Gasteiger charge is -2.25. The molecule has 2 N–H and O–H groups in total. The molecule has 1 heterocycles. The van der Waals surface area contributed by atoms with Crippen molar-refractivity contribution in [1.29, 1.82) is 0 Å². The molecular formula is C21H30N4O3S. The third-order valence-corrected chi connectivity index (χ3v) is 5.74. The molecule has 158 valence electrons. The summed E-state index contributed by atoms with van der Waals surface area (Å²) in [5, 5.41) is 9.01. The number of aryl methyl sites for hydroxylation is 2. The van der Waals surface area contributed by atoms with Gasteiger partial charge < -0.3 is 20.1 Å². The summed E-state index contributed by atoms with van der Waals surface area (Å²) >= 11 is 1.28. The minimum atomic E-state index is -0.385. The number of aromatic nitrogens is 1. The lowest BCUT2D eigenvalue weighted by atomic mass is 10.0. The van der Waals surface area contributed by atoms with Gasteiger partial charge in [0.2, 0.25) is 11.8 Å². The SMILES string of the molecule is CCc1ccc(C(CNC(=O)CSC(C)C(=O)Nc2cc(C)on2)N(C)C)cc1. The number of hydrogen-bond donors (Lipinski definition) is 2. The lowest BCUT2D eigenvalue weighted by molar-refractivity contribution is -0.118. The topological polar surface area (TPSA) is 87.5 Å². The standard InChI is InChI=1S/C21H30N4O3S/c1-6-16-7-9-17(10-8-16)18(25(4)5)12-22-20(26)13-29-15(3)21(27)23-19-11-14(2)28-24-19/h7-11,15,18H,6,12-13H2,1-5H3,(H,22,26)(H,23,24,27). The summed E-state index contributed by atoms with van der Waals surface area (Å²) in [4.78, 5) is 26.5. The summed E-state index contributed by atoms with van der Waals surface area (Å²) in [6.45, 7) is 6.16. The van der Waals surface area contributed by atoms with Crippen molar-refractivity contribution in [2.45, 2.75) is 38.5 Å². The second kappa shape index (κ2) is 11.0. The fraction of sp³-hybridized carbons (Fsp3) is 0.476. The molecule has 8 heteroatoms. The van der Waals surface area contributed by atoms with Crippen molar-refractivity contribution in [3.05, 3.63) is 47.2 Å². The molecule has 0 saturated heterocycles. The number of rotatable bonds is 10. The molecule has 0 fully saturated rings. The van der Waals surface area contributed by atoms with E-state index >= 15 is 0 Å². The fourth-order valence-electron chi connectivity index (χ4n) is 2.77. The van der Waals surface area contributed by atoms with Crippen LogP contribution < -0.4 is 10.6 Å². The zero-order chi connectivity index (χ0) is 21.4. The number of thioether (sulfide) groups is 1. The molecule has 7 nitrogen and oxygen atoms in total. The number of nitrogens with one attached hydrogen (secondary N) is 2. The van der Waals surface area contributed by atoms with Crippen molar-refractivity contribution < 1.29 is 14.1 Å². The van der Waals surface area contributed by atoms with Gasteiger partial charge in [-0.25, -0.2) is 0 Å². The monoisotopic (exact) mass is 418 g/mol. The van der Waals surface area contributed by atoms with Gasteiger partial charge in [0.25, 0.3) is 0 Å². The lowest BCUT2D eigenvalue weighted by Crippen LogP contribution is -2.36. The normalized spacial score (nSPS) is 13.2. The van der Waals surface area contributed by atoms with E-state index in [4.69, 9.17) is 4.52 Å². The molecule has 1 aromatic carbocycles.